The molecule has 2 aromatic rings. The normalized spacial score (nSPS) is 11.5. The van der Waals surface area contributed by atoms with Crippen LogP contribution in [0.1, 0.15) is 11.6 Å². The predicted molar refractivity (Wildman–Crippen MR) is 72.1 cm³/mol. The second kappa shape index (κ2) is 6.36. The number of hydrogen-bond donors (Lipinski definition) is 1. The predicted octanol–water partition coefficient (Wildman–Crippen LogP) is 2.70. The van der Waals surface area contributed by atoms with Gasteiger partial charge in [-0.05, 0) is 10.9 Å². The lowest BCUT2D eigenvalue weighted by molar-refractivity contribution is 0.637. The molecule has 0 amide bonds. The van der Waals surface area contributed by atoms with Gasteiger partial charge in [0.2, 0.25) is 0 Å². The van der Waals surface area contributed by atoms with Crippen LogP contribution in [-0.4, -0.2) is 18.1 Å². The van der Waals surface area contributed by atoms with Crippen LogP contribution in [0.25, 0.3) is 21.2 Å². The van der Waals surface area contributed by atoms with Gasteiger partial charge in [-0.1, -0.05) is 29.4 Å². The zero-order chi connectivity index (χ0) is 13.5. The van der Waals surface area contributed by atoms with Crippen LogP contribution >= 0.6 is 0 Å². The van der Waals surface area contributed by atoms with Gasteiger partial charge in [0, 0.05) is 41.3 Å². The van der Waals surface area contributed by atoms with Gasteiger partial charge in [-0.15, -0.1) is 0 Å². The Balaban J connectivity index is 2.26. The fraction of sp³-hybridized carbons (Fsp3) is 0.231. The highest BCUT2D eigenvalue weighted by atomic mass is 15.1. The molecule has 0 aliphatic carbocycles. The summed E-state index contributed by atoms with van der Waals surface area (Å²) in [5.74, 6) is 0. The van der Waals surface area contributed by atoms with E-state index in [9.17, 15) is 5.26 Å². The SMILES string of the molecule is N#CC(NCCN=[N+]=[N-])c1cncc2ccccc12. The van der Waals surface area contributed by atoms with E-state index in [0.717, 1.165) is 16.3 Å². The van der Waals surface area contributed by atoms with Crippen molar-refractivity contribution >= 4 is 10.8 Å². The van der Waals surface area contributed by atoms with Crippen LogP contribution in [0.2, 0.25) is 0 Å². The number of aromatic nitrogens is 1. The maximum atomic E-state index is 9.25. The molecule has 1 heterocycles. The van der Waals surface area contributed by atoms with Crippen LogP contribution in [0.15, 0.2) is 41.8 Å². The molecular weight excluding hydrogens is 240 g/mol. The lowest BCUT2D eigenvalue weighted by Gasteiger charge is -2.13. The summed E-state index contributed by atoms with van der Waals surface area (Å²) in [5, 5.41) is 17.7. The van der Waals surface area contributed by atoms with Crippen LogP contribution in [-0.2, 0) is 0 Å². The maximum Gasteiger partial charge on any atom is 0.123 e. The first-order valence-electron chi connectivity index (χ1n) is 5.83. The quantitative estimate of drug-likeness (QED) is 0.383. The fourth-order valence-corrected chi connectivity index (χ4v) is 1.90. The Hall–Kier alpha value is -2.61. The molecule has 0 fully saturated rings. The number of nitrogens with zero attached hydrogens (tertiary/aromatic N) is 5. The lowest BCUT2D eigenvalue weighted by Crippen LogP contribution is -2.23. The molecule has 2 rings (SSSR count). The van der Waals surface area contributed by atoms with E-state index in [2.05, 4.69) is 26.4 Å². The Morgan fingerprint density at radius 3 is 3.05 bits per heavy atom. The van der Waals surface area contributed by atoms with E-state index in [1.54, 1.807) is 12.4 Å². The van der Waals surface area contributed by atoms with Crippen molar-refractivity contribution in [3.05, 3.63) is 52.7 Å². The van der Waals surface area contributed by atoms with Gasteiger partial charge in [-0.3, -0.25) is 10.3 Å². The van der Waals surface area contributed by atoms with Crippen LogP contribution in [0.5, 0.6) is 0 Å². The third kappa shape index (κ3) is 2.99. The topological polar surface area (TPSA) is 97.5 Å². The summed E-state index contributed by atoms with van der Waals surface area (Å²) in [6.07, 6.45) is 3.46. The average Bonchev–Trinajstić information content (AvgIpc) is 2.47. The summed E-state index contributed by atoms with van der Waals surface area (Å²) in [6.45, 7) is 0.762. The largest absolute Gasteiger partial charge is 0.298 e. The van der Waals surface area contributed by atoms with E-state index in [4.69, 9.17) is 5.53 Å². The first kappa shape index (κ1) is 12.8. The molecule has 0 bridgehead atoms. The summed E-state index contributed by atoms with van der Waals surface area (Å²) in [5.41, 5.74) is 9.04. The van der Waals surface area contributed by atoms with Gasteiger partial charge < -0.3 is 0 Å². The standard InChI is InChI=1S/C13H12N6/c14-7-13(17-5-6-18-19-15)12-9-16-8-10-3-1-2-4-11(10)12/h1-4,8-9,13,17H,5-6H2. The summed E-state index contributed by atoms with van der Waals surface area (Å²) in [4.78, 5) is 6.82. The van der Waals surface area contributed by atoms with E-state index in [-0.39, 0.29) is 0 Å². The number of fused-ring (bicyclic) bond motifs is 1. The molecular formula is C13H12N6. The van der Waals surface area contributed by atoms with Crippen molar-refractivity contribution in [2.45, 2.75) is 6.04 Å². The van der Waals surface area contributed by atoms with Crippen molar-refractivity contribution in [3.63, 3.8) is 0 Å². The fourth-order valence-electron chi connectivity index (χ4n) is 1.90. The molecule has 1 N–H and O–H groups in total. The minimum absolute atomic E-state index is 0.312. The van der Waals surface area contributed by atoms with Crippen molar-refractivity contribution in [3.8, 4) is 6.07 Å². The zero-order valence-electron chi connectivity index (χ0n) is 10.2. The Kier molecular flexibility index (Phi) is 4.29. The summed E-state index contributed by atoms with van der Waals surface area (Å²) in [7, 11) is 0. The van der Waals surface area contributed by atoms with Gasteiger partial charge in [-0.2, -0.15) is 5.26 Å². The van der Waals surface area contributed by atoms with Crippen LogP contribution in [0.3, 0.4) is 0 Å². The molecule has 0 saturated heterocycles. The van der Waals surface area contributed by atoms with E-state index >= 15 is 0 Å². The number of hydrogen-bond acceptors (Lipinski definition) is 4. The van der Waals surface area contributed by atoms with Crippen molar-refractivity contribution in [1.82, 2.24) is 10.3 Å². The third-order valence-electron chi connectivity index (χ3n) is 2.76. The first-order valence-corrected chi connectivity index (χ1v) is 5.83. The number of nitrogens with one attached hydrogen (secondary N) is 1. The van der Waals surface area contributed by atoms with E-state index in [1.807, 2.05) is 24.3 Å². The van der Waals surface area contributed by atoms with E-state index < -0.39 is 6.04 Å². The third-order valence-corrected chi connectivity index (χ3v) is 2.76. The van der Waals surface area contributed by atoms with Crippen LogP contribution in [0.4, 0.5) is 0 Å². The van der Waals surface area contributed by atoms with Crippen LogP contribution < -0.4 is 5.32 Å². The lowest BCUT2D eigenvalue weighted by atomic mass is 10.0. The van der Waals surface area contributed by atoms with Crippen molar-refractivity contribution in [1.29, 1.82) is 5.26 Å². The number of rotatable bonds is 5. The summed E-state index contributed by atoms with van der Waals surface area (Å²) >= 11 is 0. The number of azide groups is 1. The average molecular weight is 252 g/mol. The Morgan fingerprint density at radius 2 is 2.26 bits per heavy atom. The highest BCUT2D eigenvalue weighted by Gasteiger charge is 2.12. The van der Waals surface area contributed by atoms with Crippen LogP contribution in [0, 0.1) is 11.3 Å². The zero-order valence-corrected chi connectivity index (χ0v) is 10.2. The molecule has 94 valence electrons. The maximum absolute atomic E-state index is 9.25. The molecule has 0 aliphatic heterocycles. The first-order chi connectivity index (χ1) is 9.36. The molecule has 0 radical (unpaired) electrons. The molecule has 6 heteroatoms. The van der Waals surface area contributed by atoms with Gasteiger partial charge in [0.25, 0.3) is 0 Å². The second-order valence-electron chi connectivity index (χ2n) is 3.92. The smallest absolute Gasteiger partial charge is 0.123 e. The van der Waals surface area contributed by atoms with Gasteiger partial charge >= 0.3 is 0 Å². The van der Waals surface area contributed by atoms with Gasteiger partial charge in [0.05, 0.1) is 6.07 Å². The van der Waals surface area contributed by atoms with Gasteiger partial charge in [0.15, 0.2) is 0 Å². The molecule has 1 unspecified atom stereocenters. The Morgan fingerprint density at radius 1 is 1.42 bits per heavy atom. The van der Waals surface area contributed by atoms with Crippen molar-refractivity contribution in [2.24, 2.45) is 5.11 Å². The van der Waals surface area contributed by atoms with Gasteiger partial charge in [0.1, 0.15) is 6.04 Å². The summed E-state index contributed by atoms with van der Waals surface area (Å²) < 4.78 is 0. The highest BCUT2D eigenvalue weighted by molar-refractivity contribution is 5.85. The molecule has 0 saturated carbocycles. The second-order valence-corrected chi connectivity index (χ2v) is 3.92. The molecule has 1 aromatic carbocycles. The number of pyridine rings is 1. The monoisotopic (exact) mass is 252 g/mol. The minimum atomic E-state index is -0.465. The number of benzene rings is 1. The minimum Gasteiger partial charge on any atom is -0.298 e. The molecule has 0 aliphatic rings. The summed E-state index contributed by atoms with van der Waals surface area (Å²) in [6, 6.07) is 9.52. The van der Waals surface area contributed by atoms with Crippen molar-refractivity contribution in [2.75, 3.05) is 13.1 Å². The van der Waals surface area contributed by atoms with Gasteiger partial charge in [-0.25, -0.2) is 0 Å². The van der Waals surface area contributed by atoms with E-state index in [0.29, 0.717) is 13.1 Å². The Labute approximate surface area is 110 Å². The molecule has 19 heavy (non-hydrogen) atoms. The molecule has 1 aromatic heterocycles. The Bertz CT molecular complexity index is 648. The van der Waals surface area contributed by atoms with E-state index in [1.165, 1.54) is 0 Å². The number of nitriles is 1. The molecule has 6 nitrogen and oxygen atoms in total. The molecule has 1 atom stereocenters. The molecule has 0 spiro atoms. The van der Waals surface area contributed by atoms with Crippen molar-refractivity contribution < 1.29 is 0 Å². The highest BCUT2D eigenvalue weighted by Crippen LogP contribution is 2.22.